The van der Waals surface area contributed by atoms with Crippen LogP contribution < -0.4 is 15.4 Å². The highest BCUT2D eigenvalue weighted by atomic mass is 32.2. The molecule has 1 aromatic carbocycles. The molecule has 0 aliphatic carbocycles. The van der Waals surface area contributed by atoms with Gasteiger partial charge in [0.15, 0.2) is 0 Å². The molecule has 0 amide bonds. The van der Waals surface area contributed by atoms with Gasteiger partial charge in [-0.05, 0) is 38.1 Å². The molecule has 5 nitrogen and oxygen atoms in total. The Morgan fingerprint density at radius 1 is 1.27 bits per heavy atom. The zero-order valence-electron chi connectivity index (χ0n) is 12.0. The van der Waals surface area contributed by atoms with E-state index in [0.717, 1.165) is 0 Å². The van der Waals surface area contributed by atoms with Gasteiger partial charge in [0, 0.05) is 13.1 Å². The van der Waals surface area contributed by atoms with Gasteiger partial charge in [-0.3, -0.25) is 0 Å². The fraction of sp³-hybridized carbons (Fsp3) is 0.538. The zero-order chi connectivity index (χ0) is 16.5. The maximum atomic E-state index is 12.7. The minimum Gasteiger partial charge on any atom is -0.397 e. The smallest absolute Gasteiger partial charge is 0.391 e. The first kappa shape index (κ1) is 16.9. The van der Waals surface area contributed by atoms with Crippen LogP contribution in [-0.4, -0.2) is 34.7 Å². The summed E-state index contributed by atoms with van der Waals surface area (Å²) in [6.07, 6.45) is -4.14. The number of halogens is 3. The SMILES string of the molecule is CNS(=O)(=O)c1ccc(N2CCC(C(F)(F)F)CC2)c(N)c1. The number of nitrogens with two attached hydrogens (primary N) is 1. The van der Waals surface area contributed by atoms with E-state index in [2.05, 4.69) is 4.72 Å². The molecule has 0 saturated carbocycles. The Morgan fingerprint density at radius 3 is 2.32 bits per heavy atom. The van der Waals surface area contributed by atoms with Crippen LogP contribution in [0.2, 0.25) is 0 Å². The average Bonchev–Trinajstić information content (AvgIpc) is 2.46. The molecule has 0 aromatic heterocycles. The lowest BCUT2D eigenvalue weighted by atomic mass is 9.96. The van der Waals surface area contributed by atoms with Crippen LogP contribution in [0.25, 0.3) is 0 Å². The first-order valence-electron chi connectivity index (χ1n) is 6.80. The van der Waals surface area contributed by atoms with Gasteiger partial charge in [0.25, 0.3) is 0 Å². The summed E-state index contributed by atoms with van der Waals surface area (Å²) in [5.41, 5.74) is 6.67. The van der Waals surface area contributed by atoms with Crippen molar-refractivity contribution in [1.29, 1.82) is 0 Å². The maximum absolute atomic E-state index is 12.7. The number of nitrogen functional groups attached to an aromatic ring is 1. The van der Waals surface area contributed by atoms with Gasteiger partial charge in [0.2, 0.25) is 10.0 Å². The van der Waals surface area contributed by atoms with Crippen LogP contribution in [0, 0.1) is 5.92 Å². The number of alkyl halides is 3. The average molecular weight is 337 g/mol. The predicted octanol–water partition coefficient (Wildman–Crippen LogP) is 1.96. The third-order valence-corrected chi connectivity index (χ3v) is 5.29. The predicted molar refractivity (Wildman–Crippen MR) is 78.1 cm³/mol. The molecule has 9 heteroatoms. The standard InChI is InChI=1S/C13H18F3N3O2S/c1-18-22(20,21)10-2-3-12(11(17)8-10)19-6-4-9(5-7-19)13(14,15)16/h2-3,8-9,18H,4-7,17H2,1H3. The Kier molecular flexibility index (Phi) is 4.57. The van der Waals surface area contributed by atoms with E-state index in [0.29, 0.717) is 5.69 Å². The van der Waals surface area contributed by atoms with Crippen LogP contribution in [0.4, 0.5) is 24.5 Å². The fourth-order valence-electron chi connectivity index (χ4n) is 2.55. The molecule has 0 radical (unpaired) electrons. The molecule has 3 N–H and O–H groups in total. The minimum atomic E-state index is -4.16. The van der Waals surface area contributed by atoms with Crippen molar-refractivity contribution in [2.24, 2.45) is 5.92 Å². The molecule has 2 rings (SSSR count). The van der Waals surface area contributed by atoms with E-state index in [1.54, 1.807) is 4.90 Å². The molecular formula is C13H18F3N3O2S. The molecule has 1 heterocycles. The molecule has 0 bridgehead atoms. The van der Waals surface area contributed by atoms with Crippen LogP contribution in [-0.2, 0) is 10.0 Å². The highest BCUT2D eigenvalue weighted by Crippen LogP contribution is 2.36. The fourth-order valence-corrected chi connectivity index (χ4v) is 3.32. The maximum Gasteiger partial charge on any atom is 0.391 e. The lowest BCUT2D eigenvalue weighted by Crippen LogP contribution is -2.39. The number of piperidine rings is 1. The Labute approximate surface area is 127 Å². The van der Waals surface area contributed by atoms with Crippen LogP contribution in [0.15, 0.2) is 23.1 Å². The Balaban J connectivity index is 2.15. The third-order valence-electron chi connectivity index (χ3n) is 3.88. The molecule has 22 heavy (non-hydrogen) atoms. The summed E-state index contributed by atoms with van der Waals surface area (Å²) in [4.78, 5) is 1.79. The van der Waals surface area contributed by atoms with Gasteiger partial charge in [-0.15, -0.1) is 0 Å². The Morgan fingerprint density at radius 2 is 1.86 bits per heavy atom. The second-order valence-electron chi connectivity index (χ2n) is 5.23. The monoisotopic (exact) mass is 337 g/mol. The van der Waals surface area contributed by atoms with Crippen molar-refractivity contribution < 1.29 is 21.6 Å². The summed E-state index contributed by atoms with van der Waals surface area (Å²) in [6.45, 7) is 0.485. The Bertz CT molecular complexity index is 638. The van der Waals surface area contributed by atoms with Crippen LogP contribution >= 0.6 is 0 Å². The number of nitrogens with one attached hydrogen (secondary N) is 1. The van der Waals surface area contributed by atoms with E-state index in [4.69, 9.17) is 5.73 Å². The van der Waals surface area contributed by atoms with Gasteiger partial charge in [-0.2, -0.15) is 13.2 Å². The molecule has 0 spiro atoms. The molecule has 124 valence electrons. The lowest BCUT2D eigenvalue weighted by Gasteiger charge is -2.35. The molecule has 0 unspecified atom stereocenters. The van der Waals surface area contributed by atoms with Crippen molar-refractivity contribution in [2.75, 3.05) is 30.8 Å². The molecule has 1 aliphatic heterocycles. The minimum absolute atomic E-state index is 0.0134. The van der Waals surface area contributed by atoms with Crippen LogP contribution in [0.3, 0.4) is 0 Å². The summed E-state index contributed by atoms with van der Waals surface area (Å²) >= 11 is 0. The summed E-state index contributed by atoms with van der Waals surface area (Å²) in [5, 5.41) is 0. The van der Waals surface area contributed by atoms with Crippen molar-refractivity contribution in [1.82, 2.24) is 4.72 Å². The molecule has 1 aromatic rings. The molecule has 0 atom stereocenters. The van der Waals surface area contributed by atoms with Gasteiger partial charge < -0.3 is 10.6 Å². The summed E-state index contributed by atoms with van der Waals surface area (Å²) in [6, 6.07) is 4.25. The first-order chi connectivity index (χ1) is 10.1. The van der Waals surface area contributed by atoms with Crippen molar-refractivity contribution >= 4 is 21.4 Å². The summed E-state index contributed by atoms with van der Waals surface area (Å²) < 4.78 is 63.5. The quantitative estimate of drug-likeness (QED) is 0.827. The van der Waals surface area contributed by atoms with Crippen LogP contribution in [0.5, 0.6) is 0 Å². The van der Waals surface area contributed by atoms with Gasteiger partial charge in [-0.25, -0.2) is 13.1 Å². The molecule has 1 saturated heterocycles. The van der Waals surface area contributed by atoms with Crippen LogP contribution in [0.1, 0.15) is 12.8 Å². The first-order valence-corrected chi connectivity index (χ1v) is 8.28. The normalized spacial score (nSPS) is 17.7. The van der Waals surface area contributed by atoms with Gasteiger partial charge in [0.05, 0.1) is 22.2 Å². The molecule has 1 fully saturated rings. The number of hydrogen-bond acceptors (Lipinski definition) is 4. The van der Waals surface area contributed by atoms with Crippen molar-refractivity contribution in [3.8, 4) is 0 Å². The van der Waals surface area contributed by atoms with Gasteiger partial charge in [0.1, 0.15) is 0 Å². The van der Waals surface area contributed by atoms with E-state index >= 15 is 0 Å². The summed E-state index contributed by atoms with van der Waals surface area (Å²) in [5.74, 6) is -1.28. The number of sulfonamides is 1. The van der Waals surface area contributed by atoms with Crippen molar-refractivity contribution in [2.45, 2.75) is 23.9 Å². The molecule has 1 aliphatic rings. The van der Waals surface area contributed by atoms with E-state index in [1.165, 1.54) is 25.2 Å². The van der Waals surface area contributed by atoms with E-state index in [-0.39, 0.29) is 36.5 Å². The number of rotatable bonds is 3. The van der Waals surface area contributed by atoms with E-state index in [1.807, 2.05) is 0 Å². The van der Waals surface area contributed by atoms with E-state index < -0.39 is 22.1 Å². The highest BCUT2D eigenvalue weighted by Gasteiger charge is 2.41. The largest absolute Gasteiger partial charge is 0.397 e. The van der Waals surface area contributed by atoms with E-state index in [9.17, 15) is 21.6 Å². The van der Waals surface area contributed by atoms with Crippen molar-refractivity contribution in [3.63, 3.8) is 0 Å². The number of benzene rings is 1. The number of hydrogen-bond donors (Lipinski definition) is 2. The van der Waals surface area contributed by atoms with Gasteiger partial charge in [-0.1, -0.05) is 0 Å². The number of nitrogens with zero attached hydrogens (tertiary/aromatic N) is 1. The number of anilines is 2. The molecular weight excluding hydrogens is 319 g/mol. The highest BCUT2D eigenvalue weighted by molar-refractivity contribution is 7.89. The third kappa shape index (κ3) is 3.46. The van der Waals surface area contributed by atoms with Crippen molar-refractivity contribution in [3.05, 3.63) is 18.2 Å². The van der Waals surface area contributed by atoms with Gasteiger partial charge >= 0.3 is 6.18 Å². The second-order valence-corrected chi connectivity index (χ2v) is 7.12. The second kappa shape index (κ2) is 5.96. The zero-order valence-corrected chi connectivity index (χ0v) is 12.8. The Hall–Kier alpha value is -1.48. The summed E-state index contributed by atoms with van der Waals surface area (Å²) in [7, 11) is -2.30. The lowest BCUT2D eigenvalue weighted by molar-refractivity contribution is -0.179. The topological polar surface area (TPSA) is 75.4 Å².